The van der Waals surface area contributed by atoms with Gasteiger partial charge in [-0.15, -0.1) is 0 Å². The molecule has 2 aromatic carbocycles. The number of carbonyl (C=O) groups is 2. The van der Waals surface area contributed by atoms with E-state index in [0.717, 1.165) is 24.8 Å². The minimum atomic E-state index is -0.751. The van der Waals surface area contributed by atoms with E-state index in [9.17, 15) is 9.59 Å². The molecule has 0 fully saturated rings. The number of aliphatic hydroxyl groups is 1. The molecule has 0 heterocycles. The van der Waals surface area contributed by atoms with Crippen LogP contribution in [0.15, 0.2) is 54.6 Å². The summed E-state index contributed by atoms with van der Waals surface area (Å²) in [6.07, 6.45) is 2.91. The summed E-state index contributed by atoms with van der Waals surface area (Å²) in [6, 6.07) is 17.8. The van der Waals surface area contributed by atoms with Crippen LogP contribution in [0, 0.1) is 0 Å². The Kier molecular flexibility index (Phi) is 6.98. The van der Waals surface area contributed by atoms with E-state index in [1.165, 1.54) is 5.56 Å². The number of benzene rings is 2. The summed E-state index contributed by atoms with van der Waals surface area (Å²) < 4.78 is 0. The third kappa shape index (κ3) is 5.85. The molecule has 3 N–H and O–H groups in total. The number of hydrogen-bond acceptors (Lipinski definition) is 3. The maximum Gasteiger partial charge on any atom is 0.313 e. The van der Waals surface area contributed by atoms with E-state index >= 15 is 0 Å². The van der Waals surface area contributed by atoms with Crippen molar-refractivity contribution in [1.29, 1.82) is 0 Å². The van der Waals surface area contributed by atoms with Crippen LogP contribution >= 0.6 is 0 Å². The molecule has 5 heteroatoms. The van der Waals surface area contributed by atoms with E-state index in [0.29, 0.717) is 5.69 Å². The first-order valence-electron chi connectivity index (χ1n) is 8.02. The highest BCUT2D eigenvalue weighted by Gasteiger charge is 2.12. The molecule has 0 aromatic heterocycles. The van der Waals surface area contributed by atoms with Crippen LogP contribution in [0.4, 0.5) is 5.69 Å². The smallest absolute Gasteiger partial charge is 0.313 e. The number of aryl methyl sites for hydroxylation is 2. The minimum Gasteiger partial charge on any atom is -0.395 e. The Labute approximate surface area is 141 Å². The third-order valence-electron chi connectivity index (χ3n) is 3.56. The van der Waals surface area contributed by atoms with Crippen LogP contribution in [0.3, 0.4) is 0 Å². The molecule has 0 spiro atoms. The first kappa shape index (κ1) is 17.7. The van der Waals surface area contributed by atoms with Crippen LogP contribution in [0.5, 0.6) is 0 Å². The zero-order chi connectivity index (χ0) is 17.2. The first-order chi connectivity index (χ1) is 11.7. The Morgan fingerprint density at radius 2 is 1.58 bits per heavy atom. The maximum absolute atomic E-state index is 11.7. The van der Waals surface area contributed by atoms with Crippen LogP contribution in [0.1, 0.15) is 17.5 Å². The lowest BCUT2D eigenvalue weighted by molar-refractivity contribution is -0.136. The maximum atomic E-state index is 11.7. The molecule has 0 aliphatic carbocycles. The largest absolute Gasteiger partial charge is 0.395 e. The zero-order valence-electron chi connectivity index (χ0n) is 13.5. The van der Waals surface area contributed by atoms with Crippen molar-refractivity contribution < 1.29 is 14.7 Å². The van der Waals surface area contributed by atoms with E-state index in [1.54, 1.807) is 6.07 Å². The fraction of sp³-hybridized carbons (Fsp3) is 0.263. The molecule has 0 saturated carbocycles. The standard InChI is InChI=1S/C19H22N2O3/c22-13-12-20-18(23)19(24)21-17-11-5-10-16(14-17)9-4-8-15-6-2-1-3-7-15/h1-3,5-7,10-11,14,22H,4,8-9,12-13H2,(H,20,23)(H,21,24). The molecule has 0 unspecified atom stereocenters. The number of aliphatic hydroxyl groups excluding tert-OH is 1. The van der Waals surface area contributed by atoms with Crippen molar-refractivity contribution in [3.8, 4) is 0 Å². The molecule has 2 amide bonds. The van der Waals surface area contributed by atoms with Crippen LogP contribution in [0.2, 0.25) is 0 Å². The van der Waals surface area contributed by atoms with Gasteiger partial charge in [-0.1, -0.05) is 42.5 Å². The molecule has 0 aliphatic rings. The molecule has 2 aromatic rings. The lowest BCUT2D eigenvalue weighted by atomic mass is 10.0. The molecule has 5 nitrogen and oxygen atoms in total. The molecule has 0 atom stereocenters. The molecule has 0 aliphatic heterocycles. The Bertz CT molecular complexity index is 671. The summed E-state index contributed by atoms with van der Waals surface area (Å²) in [5, 5.41) is 13.5. The Hall–Kier alpha value is -2.66. The monoisotopic (exact) mass is 326 g/mol. The van der Waals surface area contributed by atoms with Gasteiger partial charge >= 0.3 is 11.8 Å². The van der Waals surface area contributed by atoms with E-state index in [2.05, 4.69) is 22.8 Å². The van der Waals surface area contributed by atoms with Crippen LogP contribution < -0.4 is 10.6 Å². The predicted molar refractivity (Wildman–Crippen MR) is 93.6 cm³/mol. The lowest BCUT2D eigenvalue weighted by Gasteiger charge is -2.08. The van der Waals surface area contributed by atoms with Gasteiger partial charge in [0.1, 0.15) is 0 Å². The Balaban J connectivity index is 1.84. The van der Waals surface area contributed by atoms with E-state index in [4.69, 9.17) is 5.11 Å². The van der Waals surface area contributed by atoms with Gasteiger partial charge in [0, 0.05) is 12.2 Å². The van der Waals surface area contributed by atoms with Crippen molar-refractivity contribution in [2.45, 2.75) is 19.3 Å². The molecule has 0 bridgehead atoms. The SMILES string of the molecule is O=C(NCCO)C(=O)Nc1cccc(CCCc2ccccc2)c1. The summed E-state index contributed by atoms with van der Waals surface area (Å²) in [5.41, 5.74) is 3.01. The van der Waals surface area contributed by atoms with E-state index in [1.807, 2.05) is 36.4 Å². The summed E-state index contributed by atoms with van der Waals surface area (Å²) in [4.78, 5) is 23.2. The average Bonchev–Trinajstić information content (AvgIpc) is 2.61. The topological polar surface area (TPSA) is 78.4 Å². The summed E-state index contributed by atoms with van der Waals surface area (Å²) >= 11 is 0. The summed E-state index contributed by atoms with van der Waals surface area (Å²) in [7, 11) is 0. The fourth-order valence-electron chi connectivity index (χ4n) is 2.38. The van der Waals surface area contributed by atoms with Crippen LogP contribution in [0.25, 0.3) is 0 Å². The van der Waals surface area contributed by atoms with Gasteiger partial charge in [0.05, 0.1) is 6.61 Å². The molecular weight excluding hydrogens is 304 g/mol. The van der Waals surface area contributed by atoms with Gasteiger partial charge in [0.15, 0.2) is 0 Å². The minimum absolute atomic E-state index is 0.0613. The van der Waals surface area contributed by atoms with Gasteiger partial charge in [0.2, 0.25) is 0 Å². The molecule has 126 valence electrons. The van der Waals surface area contributed by atoms with Gasteiger partial charge in [-0.05, 0) is 42.5 Å². The Morgan fingerprint density at radius 1 is 0.875 bits per heavy atom. The normalized spacial score (nSPS) is 10.2. The van der Waals surface area contributed by atoms with Gasteiger partial charge in [-0.25, -0.2) is 0 Å². The highest BCUT2D eigenvalue weighted by atomic mass is 16.3. The number of rotatable bonds is 7. The number of nitrogens with one attached hydrogen (secondary N) is 2. The zero-order valence-corrected chi connectivity index (χ0v) is 13.5. The van der Waals surface area contributed by atoms with Crippen molar-refractivity contribution in [3.63, 3.8) is 0 Å². The molecule has 24 heavy (non-hydrogen) atoms. The van der Waals surface area contributed by atoms with Crippen molar-refractivity contribution in [2.75, 3.05) is 18.5 Å². The number of hydrogen-bond donors (Lipinski definition) is 3. The van der Waals surface area contributed by atoms with Gasteiger partial charge in [-0.2, -0.15) is 0 Å². The van der Waals surface area contributed by atoms with Crippen molar-refractivity contribution in [2.24, 2.45) is 0 Å². The van der Waals surface area contributed by atoms with Gasteiger partial charge in [0.25, 0.3) is 0 Å². The molecule has 0 radical (unpaired) electrons. The van der Waals surface area contributed by atoms with Gasteiger partial charge in [-0.3, -0.25) is 9.59 Å². The van der Waals surface area contributed by atoms with E-state index < -0.39 is 11.8 Å². The number of carbonyl (C=O) groups excluding carboxylic acids is 2. The molecule has 0 saturated heterocycles. The van der Waals surface area contributed by atoms with Crippen molar-refractivity contribution in [1.82, 2.24) is 5.32 Å². The average molecular weight is 326 g/mol. The van der Waals surface area contributed by atoms with Gasteiger partial charge < -0.3 is 15.7 Å². The Morgan fingerprint density at radius 3 is 2.33 bits per heavy atom. The second-order valence-corrected chi connectivity index (χ2v) is 5.47. The second kappa shape index (κ2) is 9.47. The second-order valence-electron chi connectivity index (χ2n) is 5.47. The summed E-state index contributed by atoms with van der Waals surface area (Å²) in [6.45, 7) is -0.137. The quantitative estimate of drug-likeness (QED) is 0.680. The summed E-state index contributed by atoms with van der Waals surface area (Å²) in [5.74, 6) is -1.48. The third-order valence-corrected chi connectivity index (χ3v) is 3.56. The van der Waals surface area contributed by atoms with Crippen molar-refractivity contribution in [3.05, 3.63) is 65.7 Å². The highest BCUT2D eigenvalue weighted by Crippen LogP contribution is 2.14. The van der Waals surface area contributed by atoms with Crippen LogP contribution in [-0.4, -0.2) is 30.1 Å². The first-order valence-corrected chi connectivity index (χ1v) is 8.02. The number of anilines is 1. The van der Waals surface area contributed by atoms with Crippen molar-refractivity contribution >= 4 is 17.5 Å². The predicted octanol–water partition coefficient (Wildman–Crippen LogP) is 1.91. The molecule has 2 rings (SSSR count). The fourth-order valence-corrected chi connectivity index (χ4v) is 2.38. The van der Waals surface area contributed by atoms with E-state index in [-0.39, 0.29) is 13.2 Å². The highest BCUT2D eigenvalue weighted by molar-refractivity contribution is 6.39. The van der Waals surface area contributed by atoms with Crippen LogP contribution in [-0.2, 0) is 22.4 Å². The lowest BCUT2D eigenvalue weighted by Crippen LogP contribution is -2.36. The molecular formula is C19H22N2O3. The number of amides is 2.